The fourth-order valence-electron chi connectivity index (χ4n) is 1.15. The van der Waals surface area contributed by atoms with Crippen LogP contribution < -0.4 is 15.2 Å². The van der Waals surface area contributed by atoms with Gasteiger partial charge in [0.15, 0.2) is 5.75 Å². The van der Waals surface area contributed by atoms with Gasteiger partial charge in [0, 0.05) is 0 Å². The topological polar surface area (TPSA) is 83.2 Å². The van der Waals surface area contributed by atoms with Gasteiger partial charge in [-0.15, -0.1) is 4.98 Å². The van der Waals surface area contributed by atoms with Crippen molar-refractivity contribution < 1.29 is 9.47 Å². The second-order valence-electron chi connectivity index (χ2n) is 3.12. The third kappa shape index (κ3) is 2.72. The number of nitrogen functional groups attached to an aromatic ring is 1. The van der Waals surface area contributed by atoms with Crippen LogP contribution in [-0.4, -0.2) is 22.1 Å². The zero-order valence-electron chi connectivity index (χ0n) is 9.22. The van der Waals surface area contributed by atoms with Gasteiger partial charge < -0.3 is 15.2 Å². The second-order valence-corrected chi connectivity index (χ2v) is 3.90. The Kier molecular flexibility index (Phi) is 3.69. The predicted molar refractivity (Wildman–Crippen MR) is 67.3 cm³/mol. The number of benzene rings is 1. The summed E-state index contributed by atoms with van der Waals surface area (Å²) in [5.74, 6) is 0.298. The molecule has 1 aromatic carbocycles. The molecule has 0 saturated carbocycles. The van der Waals surface area contributed by atoms with Crippen LogP contribution in [0, 0.1) is 0 Å². The Balaban J connectivity index is 2.34. The van der Waals surface area contributed by atoms with Crippen LogP contribution in [0.15, 0.2) is 18.2 Å². The van der Waals surface area contributed by atoms with Crippen LogP contribution in [0.1, 0.15) is 0 Å². The Morgan fingerprint density at radius 2 is 1.83 bits per heavy atom. The number of anilines is 1. The first-order valence-electron chi connectivity index (χ1n) is 4.77. The molecule has 2 rings (SSSR count). The highest BCUT2D eigenvalue weighted by Gasteiger charge is 2.10. The van der Waals surface area contributed by atoms with Gasteiger partial charge in [0.1, 0.15) is 5.02 Å². The molecule has 0 unspecified atom stereocenters. The minimum atomic E-state index is -0.0245. The molecule has 0 bridgehead atoms. The number of aromatic nitrogens is 3. The Hall–Kier alpha value is -1.79. The quantitative estimate of drug-likeness (QED) is 0.934. The molecule has 0 fully saturated rings. The van der Waals surface area contributed by atoms with Crippen molar-refractivity contribution in [1.82, 2.24) is 15.0 Å². The van der Waals surface area contributed by atoms with Gasteiger partial charge in [-0.05, 0) is 12.1 Å². The van der Waals surface area contributed by atoms with Crippen molar-refractivity contribution in [2.45, 2.75) is 0 Å². The standard InChI is InChI=1S/C10H8Cl2N4O2/c1-17-9-14-8(13)15-10(16-9)18-6-4-2-3-5(11)7(6)12/h2-4H,1H3,(H2,13,14,15,16). The minimum absolute atomic E-state index is 0.0185. The molecule has 0 saturated heterocycles. The number of rotatable bonds is 3. The number of nitrogens with two attached hydrogens (primary N) is 1. The molecule has 1 aromatic heterocycles. The van der Waals surface area contributed by atoms with E-state index in [1.807, 2.05) is 0 Å². The van der Waals surface area contributed by atoms with Crippen molar-refractivity contribution in [3.63, 3.8) is 0 Å². The van der Waals surface area contributed by atoms with Crippen LogP contribution in [0.4, 0.5) is 5.95 Å². The summed E-state index contributed by atoms with van der Waals surface area (Å²) < 4.78 is 10.2. The molecule has 2 N–H and O–H groups in total. The number of nitrogens with zero attached hydrogens (tertiary/aromatic N) is 3. The summed E-state index contributed by atoms with van der Waals surface area (Å²) in [6, 6.07) is 4.98. The van der Waals surface area contributed by atoms with Gasteiger partial charge in [-0.3, -0.25) is 0 Å². The fraction of sp³-hybridized carbons (Fsp3) is 0.100. The van der Waals surface area contributed by atoms with Crippen molar-refractivity contribution in [2.24, 2.45) is 0 Å². The maximum absolute atomic E-state index is 5.97. The molecule has 1 heterocycles. The first kappa shape index (κ1) is 12.7. The lowest BCUT2D eigenvalue weighted by molar-refractivity contribution is 0.360. The van der Waals surface area contributed by atoms with E-state index in [2.05, 4.69) is 15.0 Å². The highest BCUT2D eigenvalue weighted by atomic mass is 35.5. The molecule has 0 aliphatic heterocycles. The Morgan fingerprint density at radius 3 is 2.56 bits per heavy atom. The smallest absolute Gasteiger partial charge is 0.330 e. The van der Waals surface area contributed by atoms with E-state index in [1.54, 1.807) is 18.2 Å². The second kappa shape index (κ2) is 5.24. The summed E-state index contributed by atoms with van der Waals surface area (Å²) in [7, 11) is 1.41. The van der Waals surface area contributed by atoms with E-state index in [9.17, 15) is 0 Å². The molecular formula is C10H8Cl2N4O2. The van der Waals surface area contributed by atoms with Crippen molar-refractivity contribution >= 4 is 29.2 Å². The van der Waals surface area contributed by atoms with Gasteiger partial charge >= 0.3 is 12.0 Å². The first-order chi connectivity index (χ1) is 8.60. The maximum atomic E-state index is 5.97. The van der Waals surface area contributed by atoms with E-state index in [-0.39, 0.29) is 23.0 Å². The van der Waals surface area contributed by atoms with Gasteiger partial charge in [-0.2, -0.15) is 9.97 Å². The molecule has 0 aliphatic carbocycles. The Morgan fingerprint density at radius 1 is 1.11 bits per heavy atom. The normalized spacial score (nSPS) is 10.2. The zero-order valence-corrected chi connectivity index (χ0v) is 10.7. The SMILES string of the molecule is COc1nc(N)nc(Oc2cccc(Cl)c2Cl)n1. The lowest BCUT2D eigenvalue weighted by Gasteiger charge is -2.07. The van der Waals surface area contributed by atoms with Crippen molar-refractivity contribution in [2.75, 3.05) is 12.8 Å². The number of hydrogen-bond acceptors (Lipinski definition) is 6. The van der Waals surface area contributed by atoms with Gasteiger partial charge in [-0.25, -0.2) is 0 Å². The van der Waals surface area contributed by atoms with Crippen molar-refractivity contribution in [3.8, 4) is 17.8 Å². The third-order valence-electron chi connectivity index (χ3n) is 1.91. The summed E-state index contributed by atoms with van der Waals surface area (Å²) >= 11 is 11.8. The average molecular weight is 287 g/mol. The maximum Gasteiger partial charge on any atom is 0.330 e. The first-order valence-corrected chi connectivity index (χ1v) is 5.53. The minimum Gasteiger partial charge on any atom is -0.467 e. The van der Waals surface area contributed by atoms with E-state index in [0.717, 1.165) is 0 Å². The molecule has 94 valence electrons. The highest BCUT2D eigenvalue weighted by Crippen LogP contribution is 2.33. The molecule has 0 aliphatic rings. The van der Waals surface area contributed by atoms with Crippen LogP contribution in [0.25, 0.3) is 0 Å². The number of halogens is 2. The molecule has 0 spiro atoms. The molecule has 0 amide bonds. The summed E-state index contributed by atoms with van der Waals surface area (Å²) in [6.45, 7) is 0. The molecule has 2 aromatic rings. The lowest BCUT2D eigenvalue weighted by atomic mass is 10.3. The van der Waals surface area contributed by atoms with Crippen molar-refractivity contribution in [1.29, 1.82) is 0 Å². The Labute approximate surface area is 113 Å². The van der Waals surface area contributed by atoms with E-state index >= 15 is 0 Å². The molecule has 6 nitrogen and oxygen atoms in total. The number of ether oxygens (including phenoxy) is 2. The molecule has 0 radical (unpaired) electrons. The van der Waals surface area contributed by atoms with Gasteiger partial charge in [0.2, 0.25) is 5.95 Å². The van der Waals surface area contributed by atoms with E-state index in [1.165, 1.54) is 7.11 Å². The van der Waals surface area contributed by atoms with Crippen LogP contribution >= 0.6 is 23.2 Å². The summed E-state index contributed by atoms with van der Waals surface area (Å²) in [4.78, 5) is 11.4. The number of methoxy groups -OCH3 is 1. The van der Waals surface area contributed by atoms with E-state index in [4.69, 9.17) is 38.4 Å². The summed E-state index contributed by atoms with van der Waals surface area (Å²) in [5.41, 5.74) is 5.48. The monoisotopic (exact) mass is 286 g/mol. The summed E-state index contributed by atoms with van der Waals surface area (Å²) in [6.07, 6.45) is 0. The van der Waals surface area contributed by atoms with Crippen LogP contribution in [0.2, 0.25) is 10.0 Å². The molecule has 8 heteroatoms. The Bertz CT molecular complexity index is 580. The van der Waals surface area contributed by atoms with Crippen LogP contribution in [0.5, 0.6) is 17.8 Å². The fourth-order valence-corrected chi connectivity index (χ4v) is 1.48. The molecule has 18 heavy (non-hydrogen) atoms. The highest BCUT2D eigenvalue weighted by molar-refractivity contribution is 6.42. The van der Waals surface area contributed by atoms with E-state index < -0.39 is 0 Å². The molecular weight excluding hydrogens is 279 g/mol. The van der Waals surface area contributed by atoms with Gasteiger partial charge in [0.25, 0.3) is 0 Å². The van der Waals surface area contributed by atoms with E-state index in [0.29, 0.717) is 10.8 Å². The van der Waals surface area contributed by atoms with Gasteiger partial charge in [0.05, 0.1) is 12.1 Å². The van der Waals surface area contributed by atoms with Crippen LogP contribution in [-0.2, 0) is 0 Å². The lowest BCUT2D eigenvalue weighted by Crippen LogP contribution is -2.02. The van der Waals surface area contributed by atoms with Crippen molar-refractivity contribution in [3.05, 3.63) is 28.2 Å². The third-order valence-corrected chi connectivity index (χ3v) is 2.71. The number of hydrogen-bond donors (Lipinski definition) is 1. The predicted octanol–water partition coefficient (Wildman–Crippen LogP) is 2.56. The largest absolute Gasteiger partial charge is 0.467 e. The molecule has 0 atom stereocenters. The van der Waals surface area contributed by atoms with Crippen LogP contribution in [0.3, 0.4) is 0 Å². The summed E-state index contributed by atoms with van der Waals surface area (Å²) in [5, 5.41) is 0.625. The zero-order chi connectivity index (χ0) is 13.1. The van der Waals surface area contributed by atoms with Gasteiger partial charge in [-0.1, -0.05) is 29.3 Å². The average Bonchev–Trinajstić information content (AvgIpc) is 2.34.